The number of rotatable bonds is 5. The minimum Gasteiger partial charge on any atom is -0.293 e. The summed E-state index contributed by atoms with van der Waals surface area (Å²) in [5.74, 6) is -0.0123. The molecule has 120 valence electrons. The van der Waals surface area contributed by atoms with Gasteiger partial charge in [0.15, 0.2) is 5.78 Å². The van der Waals surface area contributed by atoms with E-state index in [1.54, 1.807) is 0 Å². The van der Waals surface area contributed by atoms with Crippen LogP contribution in [0.2, 0.25) is 0 Å². The lowest BCUT2D eigenvalue weighted by atomic mass is 9.85. The number of aryl methyl sites for hydroxylation is 1. The summed E-state index contributed by atoms with van der Waals surface area (Å²) in [5.41, 5.74) is 4.18. The average Bonchev–Trinajstić information content (AvgIpc) is 2.63. The lowest BCUT2D eigenvalue weighted by Gasteiger charge is -2.17. The molecule has 0 bridgehead atoms. The molecule has 0 saturated carbocycles. The third kappa shape index (κ3) is 3.82. The van der Waals surface area contributed by atoms with E-state index >= 15 is 0 Å². The normalized spacial score (nSPS) is 11.9. The number of Topliss-reactive ketones (excluding diaryl/α,β-unsaturated/α-hetero) is 1. The Morgan fingerprint density at radius 3 is 2.17 bits per heavy atom. The highest BCUT2D eigenvalue weighted by Gasteiger charge is 2.22. The molecule has 3 aromatic rings. The maximum Gasteiger partial charge on any atom is 0.170 e. The van der Waals surface area contributed by atoms with Gasteiger partial charge in [-0.05, 0) is 36.1 Å². The van der Waals surface area contributed by atoms with E-state index in [4.69, 9.17) is 0 Å². The molecule has 0 aliphatic heterocycles. The quantitative estimate of drug-likeness (QED) is 0.500. The monoisotopic (exact) mass is 378 g/mol. The number of carbonyl (C=O) groups is 1. The largest absolute Gasteiger partial charge is 0.293 e. The minimum atomic E-state index is -0.178. The molecule has 0 amide bonds. The Labute approximate surface area is 151 Å². The minimum absolute atomic E-state index is 0.165. The molecule has 0 fully saturated rings. The predicted octanol–water partition coefficient (Wildman–Crippen LogP) is 5.97. The highest BCUT2D eigenvalue weighted by molar-refractivity contribution is 9.10. The Kier molecular flexibility index (Phi) is 5.27. The summed E-state index contributed by atoms with van der Waals surface area (Å²) >= 11 is 3.59. The van der Waals surface area contributed by atoms with Gasteiger partial charge in [-0.3, -0.25) is 4.79 Å². The maximum atomic E-state index is 13.1. The molecule has 0 aliphatic carbocycles. The van der Waals surface area contributed by atoms with E-state index in [0.717, 1.165) is 21.2 Å². The van der Waals surface area contributed by atoms with Crippen LogP contribution in [0.3, 0.4) is 0 Å². The van der Waals surface area contributed by atoms with Crippen LogP contribution in [0.15, 0.2) is 83.3 Å². The van der Waals surface area contributed by atoms with E-state index < -0.39 is 0 Å². The van der Waals surface area contributed by atoms with Gasteiger partial charge in [0, 0.05) is 10.0 Å². The van der Waals surface area contributed by atoms with Crippen LogP contribution in [0.25, 0.3) is 0 Å². The SMILES string of the molecule is Cc1ccc(CC(C(=O)c2ccccc2)c2ccccc2)cc1Br. The van der Waals surface area contributed by atoms with Gasteiger partial charge in [-0.2, -0.15) is 0 Å². The molecule has 2 heteroatoms. The first-order valence-electron chi connectivity index (χ1n) is 8.04. The Morgan fingerprint density at radius 1 is 0.917 bits per heavy atom. The molecule has 0 radical (unpaired) electrons. The summed E-state index contributed by atoms with van der Waals surface area (Å²) in [4.78, 5) is 13.1. The van der Waals surface area contributed by atoms with E-state index in [9.17, 15) is 4.79 Å². The molecule has 0 spiro atoms. The average molecular weight is 379 g/mol. The van der Waals surface area contributed by atoms with Gasteiger partial charge in [-0.15, -0.1) is 0 Å². The van der Waals surface area contributed by atoms with Crippen LogP contribution < -0.4 is 0 Å². The molecular weight excluding hydrogens is 360 g/mol. The second-order valence-electron chi connectivity index (χ2n) is 5.98. The van der Waals surface area contributed by atoms with Crippen LogP contribution in [-0.4, -0.2) is 5.78 Å². The van der Waals surface area contributed by atoms with Crippen molar-refractivity contribution in [3.63, 3.8) is 0 Å². The number of benzene rings is 3. The van der Waals surface area contributed by atoms with Crippen LogP contribution in [0.5, 0.6) is 0 Å². The van der Waals surface area contributed by atoms with E-state index in [0.29, 0.717) is 6.42 Å². The lowest BCUT2D eigenvalue weighted by molar-refractivity contribution is 0.0959. The fraction of sp³-hybridized carbons (Fsp3) is 0.136. The van der Waals surface area contributed by atoms with Gasteiger partial charge < -0.3 is 0 Å². The van der Waals surface area contributed by atoms with Crippen LogP contribution in [0.4, 0.5) is 0 Å². The molecule has 24 heavy (non-hydrogen) atoms. The summed E-state index contributed by atoms with van der Waals surface area (Å²) in [6.45, 7) is 2.07. The smallest absolute Gasteiger partial charge is 0.170 e. The number of hydrogen-bond donors (Lipinski definition) is 0. The number of halogens is 1. The number of ketones is 1. The van der Waals surface area contributed by atoms with Gasteiger partial charge in [-0.25, -0.2) is 0 Å². The summed E-state index contributed by atoms with van der Waals surface area (Å²) < 4.78 is 1.08. The standard InChI is InChI=1S/C22H19BrO/c1-16-12-13-17(15-21(16)23)14-20(18-8-4-2-5-9-18)22(24)19-10-6-3-7-11-19/h2-13,15,20H,14H2,1H3. The first-order chi connectivity index (χ1) is 11.6. The van der Waals surface area contributed by atoms with Crippen LogP contribution in [-0.2, 0) is 6.42 Å². The topological polar surface area (TPSA) is 17.1 Å². The van der Waals surface area contributed by atoms with Crippen molar-refractivity contribution in [2.75, 3.05) is 0 Å². The zero-order valence-electron chi connectivity index (χ0n) is 13.6. The second-order valence-corrected chi connectivity index (χ2v) is 6.84. The molecule has 0 heterocycles. The molecule has 3 aromatic carbocycles. The molecule has 0 N–H and O–H groups in total. The van der Waals surface area contributed by atoms with E-state index in [1.165, 1.54) is 5.56 Å². The van der Waals surface area contributed by atoms with Gasteiger partial charge in [0.2, 0.25) is 0 Å². The van der Waals surface area contributed by atoms with E-state index in [2.05, 4.69) is 41.1 Å². The Bertz CT molecular complexity index is 825. The van der Waals surface area contributed by atoms with Crippen molar-refractivity contribution in [1.29, 1.82) is 0 Å². The lowest BCUT2D eigenvalue weighted by Crippen LogP contribution is -2.15. The number of carbonyl (C=O) groups excluding carboxylic acids is 1. The van der Waals surface area contributed by atoms with Crippen molar-refractivity contribution in [3.05, 3.63) is 106 Å². The fourth-order valence-electron chi connectivity index (χ4n) is 2.85. The van der Waals surface area contributed by atoms with Gasteiger partial charge in [-0.1, -0.05) is 88.7 Å². The zero-order chi connectivity index (χ0) is 16.9. The molecule has 0 saturated heterocycles. The van der Waals surface area contributed by atoms with Crippen molar-refractivity contribution in [2.24, 2.45) is 0 Å². The Morgan fingerprint density at radius 2 is 1.54 bits per heavy atom. The first kappa shape index (κ1) is 16.7. The summed E-state index contributed by atoms with van der Waals surface area (Å²) in [7, 11) is 0. The van der Waals surface area contributed by atoms with Gasteiger partial charge in [0.1, 0.15) is 0 Å². The fourth-order valence-corrected chi connectivity index (χ4v) is 3.28. The van der Waals surface area contributed by atoms with Crippen LogP contribution in [0, 0.1) is 6.92 Å². The number of hydrogen-bond acceptors (Lipinski definition) is 1. The second kappa shape index (κ2) is 7.59. The maximum absolute atomic E-state index is 13.1. The van der Waals surface area contributed by atoms with Crippen molar-refractivity contribution in [1.82, 2.24) is 0 Å². The molecule has 1 atom stereocenters. The van der Waals surface area contributed by atoms with Crippen molar-refractivity contribution < 1.29 is 4.79 Å². The van der Waals surface area contributed by atoms with E-state index in [-0.39, 0.29) is 11.7 Å². The molecule has 0 aliphatic rings. The third-order valence-corrected chi connectivity index (χ3v) is 5.11. The Balaban J connectivity index is 1.96. The van der Waals surface area contributed by atoms with Gasteiger partial charge in [0.05, 0.1) is 5.92 Å². The molecule has 1 nitrogen and oxygen atoms in total. The van der Waals surface area contributed by atoms with Crippen molar-refractivity contribution in [2.45, 2.75) is 19.3 Å². The van der Waals surface area contributed by atoms with Gasteiger partial charge >= 0.3 is 0 Å². The third-order valence-electron chi connectivity index (χ3n) is 4.25. The molecule has 1 unspecified atom stereocenters. The molecule has 0 aromatic heterocycles. The van der Waals surface area contributed by atoms with E-state index in [1.807, 2.05) is 60.7 Å². The highest BCUT2D eigenvalue weighted by atomic mass is 79.9. The summed E-state index contributed by atoms with van der Waals surface area (Å²) in [6, 6.07) is 25.9. The summed E-state index contributed by atoms with van der Waals surface area (Å²) in [5, 5.41) is 0. The first-order valence-corrected chi connectivity index (χ1v) is 8.83. The highest BCUT2D eigenvalue weighted by Crippen LogP contribution is 2.27. The zero-order valence-corrected chi connectivity index (χ0v) is 15.2. The van der Waals surface area contributed by atoms with Crippen LogP contribution in [0.1, 0.15) is 33.0 Å². The summed E-state index contributed by atoms with van der Waals surface area (Å²) in [6.07, 6.45) is 0.691. The van der Waals surface area contributed by atoms with Crippen LogP contribution >= 0.6 is 15.9 Å². The van der Waals surface area contributed by atoms with Crippen molar-refractivity contribution >= 4 is 21.7 Å². The Hall–Kier alpha value is -2.19. The van der Waals surface area contributed by atoms with Crippen molar-refractivity contribution in [3.8, 4) is 0 Å². The van der Waals surface area contributed by atoms with Gasteiger partial charge in [0.25, 0.3) is 0 Å². The molecule has 3 rings (SSSR count). The predicted molar refractivity (Wildman–Crippen MR) is 103 cm³/mol. The molecular formula is C22H19BrO.